The predicted molar refractivity (Wildman–Crippen MR) is 77.2 cm³/mol. The number of ketones is 2. The van der Waals surface area contributed by atoms with Crippen molar-refractivity contribution in [3.63, 3.8) is 0 Å². The van der Waals surface area contributed by atoms with E-state index < -0.39 is 11.5 Å². The average Bonchev–Trinajstić information content (AvgIpc) is 2.48. The van der Waals surface area contributed by atoms with Gasteiger partial charge in [0.1, 0.15) is 11.7 Å². The molecule has 0 bridgehead atoms. The van der Waals surface area contributed by atoms with Crippen LogP contribution < -0.4 is 0 Å². The third-order valence-electron chi connectivity index (χ3n) is 4.06. The van der Waals surface area contributed by atoms with Crippen LogP contribution >= 0.6 is 0 Å². The number of amides is 1. The maximum Gasteiger partial charge on any atom is 0.237 e. The Labute approximate surface area is 122 Å². The summed E-state index contributed by atoms with van der Waals surface area (Å²) in [5, 5.41) is 0. The summed E-state index contributed by atoms with van der Waals surface area (Å²) in [6.07, 6.45) is 6.21. The fourth-order valence-electron chi connectivity index (χ4n) is 3.03. The molecular formula is C17H15NO3. The Balaban J connectivity index is 1.94. The third-order valence-corrected chi connectivity index (χ3v) is 4.06. The Morgan fingerprint density at radius 3 is 2.33 bits per heavy atom. The highest BCUT2D eigenvalue weighted by Gasteiger charge is 2.59. The topological polar surface area (TPSA) is 54.5 Å². The zero-order chi connectivity index (χ0) is 15.0. The molecule has 3 rings (SSSR count). The number of hydrogen-bond donors (Lipinski definition) is 0. The second-order valence-electron chi connectivity index (χ2n) is 5.41. The van der Waals surface area contributed by atoms with Crippen LogP contribution in [-0.2, 0) is 20.9 Å². The first kappa shape index (κ1) is 13.5. The van der Waals surface area contributed by atoms with E-state index in [-0.39, 0.29) is 17.5 Å². The van der Waals surface area contributed by atoms with Gasteiger partial charge < -0.3 is 4.90 Å². The van der Waals surface area contributed by atoms with Gasteiger partial charge in [0.25, 0.3) is 0 Å². The molecule has 21 heavy (non-hydrogen) atoms. The van der Waals surface area contributed by atoms with Crippen LogP contribution in [0.3, 0.4) is 0 Å². The van der Waals surface area contributed by atoms with Crippen molar-refractivity contribution in [1.82, 2.24) is 4.90 Å². The van der Waals surface area contributed by atoms with Gasteiger partial charge >= 0.3 is 0 Å². The molecule has 1 aromatic rings. The van der Waals surface area contributed by atoms with Crippen LogP contribution in [0.5, 0.6) is 0 Å². The third kappa shape index (κ3) is 2.03. The molecule has 1 spiro atoms. The van der Waals surface area contributed by atoms with Gasteiger partial charge in [0.2, 0.25) is 5.91 Å². The van der Waals surface area contributed by atoms with Crippen molar-refractivity contribution in [2.45, 2.75) is 19.0 Å². The lowest BCUT2D eigenvalue weighted by atomic mass is 9.69. The first-order valence-electron chi connectivity index (χ1n) is 6.83. The minimum Gasteiger partial charge on any atom is -0.324 e. The number of likely N-dealkylation sites (tertiary alicyclic amines) is 1. The normalized spacial score (nSPS) is 22.5. The van der Waals surface area contributed by atoms with Gasteiger partial charge in [0.15, 0.2) is 5.78 Å². The van der Waals surface area contributed by atoms with Gasteiger partial charge in [-0.05, 0) is 36.8 Å². The minimum absolute atomic E-state index is 0.123. The Hall–Kier alpha value is -2.49. The number of Topliss-reactive ketones (excluding diaryl/α,β-unsaturated/α-hetero) is 1. The van der Waals surface area contributed by atoms with Crippen LogP contribution in [0.4, 0.5) is 0 Å². The predicted octanol–water partition coefficient (Wildman–Crippen LogP) is 1.67. The van der Waals surface area contributed by atoms with Gasteiger partial charge in [-0.3, -0.25) is 14.4 Å². The molecule has 2 aliphatic rings. The van der Waals surface area contributed by atoms with Gasteiger partial charge in [0.05, 0.1) is 5.54 Å². The molecule has 4 heteroatoms. The van der Waals surface area contributed by atoms with Crippen LogP contribution in [-0.4, -0.2) is 27.9 Å². The molecule has 4 nitrogen and oxygen atoms in total. The van der Waals surface area contributed by atoms with Gasteiger partial charge in [-0.15, -0.1) is 0 Å². The second-order valence-corrected chi connectivity index (χ2v) is 5.41. The molecule has 0 radical (unpaired) electrons. The van der Waals surface area contributed by atoms with E-state index >= 15 is 0 Å². The first-order chi connectivity index (χ1) is 10.0. The van der Waals surface area contributed by atoms with E-state index in [4.69, 9.17) is 0 Å². The Bertz CT molecular complexity index is 657. The zero-order valence-corrected chi connectivity index (χ0v) is 11.7. The molecule has 0 aromatic heterocycles. The number of allylic oxidation sites excluding steroid dienone is 2. The number of β-lactam (4-membered cyclic amide) rings is 1. The number of rotatable bonds is 3. The van der Waals surface area contributed by atoms with Gasteiger partial charge in [-0.1, -0.05) is 30.3 Å². The lowest BCUT2D eigenvalue weighted by Crippen LogP contribution is -2.70. The van der Waals surface area contributed by atoms with Crippen molar-refractivity contribution >= 4 is 17.5 Å². The molecule has 1 atom stereocenters. The monoisotopic (exact) mass is 281 g/mol. The van der Waals surface area contributed by atoms with E-state index in [1.807, 2.05) is 30.3 Å². The van der Waals surface area contributed by atoms with E-state index in [0.717, 1.165) is 5.56 Å². The maximum absolute atomic E-state index is 12.3. The molecule has 1 fully saturated rings. The Morgan fingerprint density at radius 1 is 1.14 bits per heavy atom. The van der Waals surface area contributed by atoms with Crippen LogP contribution in [0.15, 0.2) is 54.6 Å². The van der Waals surface area contributed by atoms with E-state index in [9.17, 15) is 14.4 Å². The number of carbonyl (C=O) groups is 3. The number of carbonyl (C=O) groups excluding carboxylic acids is 3. The van der Waals surface area contributed by atoms with E-state index in [0.29, 0.717) is 6.54 Å². The van der Waals surface area contributed by atoms with E-state index in [2.05, 4.69) is 0 Å². The van der Waals surface area contributed by atoms with Gasteiger partial charge in [-0.25, -0.2) is 0 Å². The highest BCUT2D eigenvalue weighted by atomic mass is 16.2. The SMILES string of the molecule is CC(=O)[C@H]1C(=O)N(Cc2ccccc2)C12C=CC(=O)C=C2. The van der Waals surface area contributed by atoms with Crippen LogP contribution in [0.2, 0.25) is 0 Å². The molecule has 1 amide bonds. The minimum atomic E-state index is -0.785. The van der Waals surface area contributed by atoms with Crippen molar-refractivity contribution in [3.8, 4) is 0 Å². The largest absolute Gasteiger partial charge is 0.324 e. The quantitative estimate of drug-likeness (QED) is 0.625. The molecule has 1 aromatic carbocycles. The van der Waals surface area contributed by atoms with Crippen molar-refractivity contribution in [2.75, 3.05) is 0 Å². The highest BCUT2D eigenvalue weighted by Crippen LogP contribution is 2.43. The van der Waals surface area contributed by atoms with E-state index in [1.165, 1.54) is 19.1 Å². The summed E-state index contributed by atoms with van der Waals surface area (Å²) < 4.78 is 0. The standard InChI is InChI=1S/C17H15NO3/c1-12(19)15-16(21)18(11-13-5-3-2-4-6-13)17(15)9-7-14(20)8-10-17/h2-10,15H,11H2,1H3/t15-/m0/s1. The second kappa shape index (κ2) is 4.81. The fraction of sp³-hybridized carbons (Fsp3) is 0.235. The molecule has 1 aliphatic heterocycles. The maximum atomic E-state index is 12.3. The lowest BCUT2D eigenvalue weighted by molar-refractivity contribution is -0.165. The fourth-order valence-corrected chi connectivity index (χ4v) is 3.03. The smallest absolute Gasteiger partial charge is 0.237 e. The first-order valence-corrected chi connectivity index (χ1v) is 6.83. The number of hydrogen-bond acceptors (Lipinski definition) is 3. The molecule has 1 heterocycles. The van der Waals surface area contributed by atoms with E-state index in [1.54, 1.807) is 17.1 Å². The molecular weight excluding hydrogens is 266 g/mol. The summed E-state index contributed by atoms with van der Waals surface area (Å²) in [5.74, 6) is -1.20. The molecule has 1 aliphatic carbocycles. The molecule has 1 saturated heterocycles. The lowest BCUT2D eigenvalue weighted by Gasteiger charge is -2.54. The highest BCUT2D eigenvalue weighted by molar-refractivity contribution is 6.10. The summed E-state index contributed by atoms with van der Waals surface area (Å²) in [7, 11) is 0. The summed E-state index contributed by atoms with van der Waals surface area (Å²) in [6.45, 7) is 1.84. The van der Waals surface area contributed by atoms with Crippen molar-refractivity contribution < 1.29 is 14.4 Å². The van der Waals surface area contributed by atoms with Crippen molar-refractivity contribution in [2.24, 2.45) is 5.92 Å². The number of nitrogens with zero attached hydrogens (tertiary/aromatic N) is 1. The Kier molecular flexibility index (Phi) is 3.09. The Morgan fingerprint density at radius 2 is 1.76 bits per heavy atom. The average molecular weight is 281 g/mol. The molecule has 0 N–H and O–H groups in total. The van der Waals surface area contributed by atoms with Gasteiger partial charge in [-0.2, -0.15) is 0 Å². The van der Waals surface area contributed by atoms with Gasteiger partial charge in [0, 0.05) is 6.54 Å². The number of benzene rings is 1. The molecule has 0 saturated carbocycles. The summed E-state index contributed by atoms with van der Waals surface area (Å²) >= 11 is 0. The van der Waals surface area contributed by atoms with Crippen molar-refractivity contribution in [1.29, 1.82) is 0 Å². The van der Waals surface area contributed by atoms with Crippen LogP contribution in [0.25, 0.3) is 0 Å². The summed E-state index contributed by atoms with van der Waals surface area (Å²) in [6, 6.07) is 9.59. The van der Waals surface area contributed by atoms with Crippen LogP contribution in [0.1, 0.15) is 12.5 Å². The summed E-state index contributed by atoms with van der Waals surface area (Å²) in [4.78, 5) is 37.1. The summed E-state index contributed by atoms with van der Waals surface area (Å²) in [5.41, 5.74) is 0.207. The molecule has 106 valence electrons. The van der Waals surface area contributed by atoms with Crippen LogP contribution in [0, 0.1) is 5.92 Å². The zero-order valence-electron chi connectivity index (χ0n) is 11.7. The molecule has 0 unspecified atom stereocenters. The van der Waals surface area contributed by atoms with Crippen molar-refractivity contribution in [3.05, 3.63) is 60.2 Å².